The van der Waals surface area contributed by atoms with Crippen LogP contribution in [0.1, 0.15) is 18.3 Å². The molecular formula is C12H15N5O2. The molecule has 0 amide bonds. The quantitative estimate of drug-likeness (QED) is 0.774. The lowest BCUT2D eigenvalue weighted by Crippen LogP contribution is -2.09. The maximum atomic E-state index is 11.3. The largest absolute Gasteiger partial charge is 0.466 e. The molecule has 0 saturated heterocycles. The summed E-state index contributed by atoms with van der Waals surface area (Å²) in [5.41, 5.74) is 7.30. The first-order valence-electron chi connectivity index (χ1n) is 5.97. The highest BCUT2D eigenvalue weighted by Gasteiger charge is 2.10. The van der Waals surface area contributed by atoms with Gasteiger partial charge in [-0.15, -0.1) is 15.0 Å². The van der Waals surface area contributed by atoms with E-state index in [1.165, 1.54) is 4.80 Å². The molecule has 0 aliphatic carbocycles. The van der Waals surface area contributed by atoms with Crippen molar-refractivity contribution >= 4 is 5.97 Å². The van der Waals surface area contributed by atoms with Crippen molar-refractivity contribution in [1.82, 2.24) is 20.2 Å². The highest BCUT2D eigenvalue weighted by Crippen LogP contribution is 2.08. The van der Waals surface area contributed by atoms with Gasteiger partial charge in [0.1, 0.15) is 6.42 Å². The number of rotatable bonds is 5. The molecule has 7 heteroatoms. The monoisotopic (exact) mass is 261 g/mol. The van der Waals surface area contributed by atoms with Crippen LogP contribution in [0.4, 0.5) is 0 Å². The molecule has 0 bridgehead atoms. The summed E-state index contributed by atoms with van der Waals surface area (Å²) in [5.74, 6) is -0.0330. The number of hydrogen-bond acceptors (Lipinski definition) is 6. The highest BCUT2D eigenvalue weighted by atomic mass is 16.5. The summed E-state index contributed by atoms with van der Waals surface area (Å²) in [7, 11) is 0. The number of carbonyl (C=O) groups is 1. The van der Waals surface area contributed by atoms with Crippen LogP contribution in [-0.2, 0) is 22.5 Å². The molecule has 7 nitrogen and oxygen atoms in total. The van der Waals surface area contributed by atoms with Gasteiger partial charge in [0.2, 0.25) is 0 Å². The number of benzene rings is 1. The van der Waals surface area contributed by atoms with Crippen LogP contribution in [0.25, 0.3) is 5.69 Å². The summed E-state index contributed by atoms with van der Waals surface area (Å²) in [6.07, 6.45) is 0.0183. The lowest BCUT2D eigenvalue weighted by atomic mass is 10.2. The number of nitrogens with zero attached hydrogens (tertiary/aromatic N) is 4. The first-order valence-corrected chi connectivity index (χ1v) is 5.97. The SMILES string of the molecule is CCOC(=O)Cc1nnn(-c2cccc(CN)c2)n1. The summed E-state index contributed by atoms with van der Waals surface area (Å²) in [5, 5.41) is 11.9. The van der Waals surface area contributed by atoms with Crippen molar-refractivity contribution < 1.29 is 9.53 Å². The summed E-state index contributed by atoms with van der Waals surface area (Å²) >= 11 is 0. The maximum absolute atomic E-state index is 11.3. The van der Waals surface area contributed by atoms with Crippen LogP contribution in [0, 0.1) is 0 Å². The van der Waals surface area contributed by atoms with Crippen molar-refractivity contribution in [2.75, 3.05) is 6.61 Å². The van der Waals surface area contributed by atoms with Crippen molar-refractivity contribution in [2.24, 2.45) is 5.73 Å². The number of nitrogens with two attached hydrogens (primary N) is 1. The minimum Gasteiger partial charge on any atom is -0.466 e. The van der Waals surface area contributed by atoms with Gasteiger partial charge in [-0.25, -0.2) is 0 Å². The molecule has 1 aromatic carbocycles. The molecule has 19 heavy (non-hydrogen) atoms. The molecular weight excluding hydrogens is 246 g/mol. The van der Waals surface area contributed by atoms with Gasteiger partial charge >= 0.3 is 5.97 Å². The van der Waals surface area contributed by atoms with Gasteiger partial charge in [-0.2, -0.15) is 0 Å². The average Bonchev–Trinajstić information content (AvgIpc) is 2.87. The zero-order valence-electron chi connectivity index (χ0n) is 10.6. The lowest BCUT2D eigenvalue weighted by molar-refractivity contribution is -0.142. The van der Waals surface area contributed by atoms with E-state index in [0.717, 1.165) is 11.3 Å². The predicted octanol–water partition coefficient (Wildman–Crippen LogP) is 0.227. The molecule has 0 spiro atoms. The molecule has 0 aliphatic heterocycles. The summed E-state index contributed by atoms with van der Waals surface area (Å²) in [6, 6.07) is 7.50. The molecule has 0 unspecified atom stereocenters. The van der Waals surface area contributed by atoms with Gasteiger partial charge in [-0.3, -0.25) is 4.79 Å². The molecule has 2 aromatic rings. The predicted molar refractivity (Wildman–Crippen MR) is 67.4 cm³/mol. The molecule has 0 atom stereocenters. The van der Waals surface area contributed by atoms with E-state index >= 15 is 0 Å². The molecule has 0 fully saturated rings. The number of hydrogen-bond donors (Lipinski definition) is 1. The molecule has 0 saturated carbocycles. The topological polar surface area (TPSA) is 95.9 Å². The van der Waals surface area contributed by atoms with Gasteiger partial charge in [0.25, 0.3) is 0 Å². The Hall–Kier alpha value is -2.28. The zero-order valence-corrected chi connectivity index (χ0v) is 10.6. The van der Waals surface area contributed by atoms with E-state index in [1.54, 1.807) is 6.92 Å². The normalized spacial score (nSPS) is 10.4. The van der Waals surface area contributed by atoms with Gasteiger partial charge in [0, 0.05) is 6.54 Å². The van der Waals surface area contributed by atoms with Crippen molar-refractivity contribution in [3.8, 4) is 5.69 Å². The number of aromatic nitrogens is 4. The van der Waals surface area contributed by atoms with E-state index < -0.39 is 0 Å². The highest BCUT2D eigenvalue weighted by molar-refractivity contribution is 5.71. The lowest BCUT2D eigenvalue weighted by Gasteiger charge is -2.01. The van der Waals surface area contributed by atoms with Gasteiger partial charge in [0.15, 0.2) is 5.82 Å². The van der Waals surface area contributed by atoms with E-state index in [1.807, 2.05) is 24.3 Å². The van der Waals surface area contributed by atoms with Gasteiger partial charge in [-0.05, 0) is 29.8 Å². The van der Waals surface area contributed by atoms with Crippen molar-refractivity contribution in [2.45, 2.75) is 19.9 Å². The Bertz CT molecular complexity index is 567. The second kappa shape index (κ2) is 6.05. The minimum absolute atomic E-state index is 0.0183. The van der Waals surface area contributed by atoms with E-state index in [4.69, 9.17) is 10.5 Å². The maximum Gasteiger partial charge on any atom is 0.313 e. The molecule has 1 heterocycles. The van der Waals surface area contributed by atoms with E-state index in [-0.39, 0.29) is 12.4 Å². The molecule has 2 rings (SSSR count). The zero-order chi connectivity index (χ0) is 13.7. The fraction of sp³-hybridized carbons (Fsp3) is 0.333. The fourth-order valence-corrected chi connectivity index (χ4v) is 1.57. The van der Waals surface area contributed by atoms with E-state index in [9.17, 15) is 4.79 Å². The van der Waals surface area contributed by atoms with E-state index in [2.05, 4.69) is 15.4 Å². The van der Waals surface area contributed by atoms with Crippen LogP contribution in [-0.4, -0.2) is 32.8 Å². The Kier molecular flexibility index (Phi) is 4.19. The third-order valence-electron chi connectivity index (χ3n) is 2.44. The molecule has 1 aromatic heterocycles. The third-order valence-corrected chi connectivity index (χ3v) is 2.44. The summed E-state index contributed by atoms with van der Waals surface area (Å²) in [4.78, 5) is 12.7. The second-order valence-corrected chi connectivity index (χ2v) is 3.85. The molecule has 0 radical (unpaired) electrons. The number of esters is 1. The summed E-state index contributed by atoms with van der Waals surface area (Å²) < 4.78 is 4.82. The van der Waals surface area contributed by atoms with E-state index in [0.29, 0.717) is 19.0 Å². The number of carbonyl (C=O) groups excluding carboxylic acids is 1. The Morgan fingerprint density at radius 1 is 1.47 bits per heavy atom. The van der Waals surface area contributed by atoms with Gasteiger partial charge < -0.3 is 10.5 Å². The Balaban J connectivity index is 2.13. The Morgan fingerprint density at radius 3 is 3.05 bits per heavy atom. The average molecular weight is 261 g/mol. The van der Waals surface area contributed by atoms with Crippen LogP contribution >= 0.6 is 0 Å². The van der Waals surface area contributed by atoms with Gasteiger partial charge in [0.05, 0.1) is 12.3 Å². The summed E-state index contributed by atoms with van der Waals surface area (Å²) in [6.45, 7) is 2.53. The molecule has 100 valence electrons. The second-order valence-electron chi connectivity index (χ2n) is 3.85. The third kappa shape index (κ3) is 3.35. The number of tetrazole rings is 1. The van der Waals surface area contributed by atoms with Crippen molar-refractivity contribution in [1.29, 1.82) is 0 Å². The van der Waals surface area contributed by atoms with Crippen LogP contribution in [0.2, 0.25) is 0 Å². The van der Waals surface area contributed by atoms with Crippen LogP contribution in [0.15, 0.2) is 24.3 Å². The Labute approximate surface area is 110 Å². The number of ether oxygens (including phenoxy) is 1. The van der Waals surface area contributed by atoms with Crippen LogP contribution < -0.4 is 5.73 Å². The Morgan fingerprint density at radius 2 is 2.32 bits per heavy atom. The molecule has 0 aliphatic rings. The van der Waals surface area contributed by atoms with Crippen LogP contribution in [0.3, 0.4) is 0 Å². The standard InChI is InChI=1S/C12H15N5O2/c1-2-19-12(18)7-11-14-16-17(15-11)10-5-3-4-9(6-10)8-13/h3-6H,2,7-8,13H2,1H3. The van der Waals surface area contributed by atoms with Crippen molar-refractivity contribution in [3.63, 3.8) is 0 Å². The van der Waals surface area contributed by atoms with Gasteiger partial charge in [-0.1, -0.05) is 12.1 Å². The minimum atomic E-state index is -0.363. The first-order chi connectivity index (χ1) is 9.22. The van der Waals surface area contributed by atoms with Crippen LogP contribution in [0.5, 0.6) is 0 Å². The molecule has 2 N–H and O–H groups in total. The smallest absolute Gasteiger partial charge is 0.313 e. The fourth-order valence-electron chi connectivity index (χ4n) is 1.57. The van der Waals surface area contributed by atoms with Crippen molar-refractivity contribution in [3.05, 3.63) is 35.7 Å². The first kappa shape index (κ1) is 13.2.